The van der Waals surface area contributed by atoms with E-state index in [1.165, 1.54) is 0 Å². The first-order chi connectivity index (χ1) is 5.08. The minimum atomic E-state index is 0.279. The van der Waals surface area contributed by atoms with Crippen molar-refractivity contribution >= 4 is 0 Å². The Morgan fingerprint density at radius 2 is 1.73 bits per heavy atom. The van der Waals surface area contributed by atoms with Crippen LogP contribution in [0.1, 0.15) is 26.6 Å². The van der Waals surface area contributed by atoms with Crippen LogP contribution < -0.4 is 0 Å². The Labute approximate surface area is 67.7 Å². The Balaban J connectivity index is 2.66. The molecule has 0 spiro atoms. The van der Waals surface area contributed by atoms with Gasteiger partial charge in [-0.05, 0) is 11.5 Å². The molecule has 0 aliphatic carbocycles. The van der Waals surface area contributed by atoms with Crippen LogP contribution in [0.15, 0.2) is 18.5 Å². The third-order valence-corrected chi connectivity index (χ3v) is 1.31. The fraction of sp³-hybridized carbons (Fsp3) is 0.556. The van der Waals surface area contributed by atoms with Crippen molar-refractivity contribution in [2.45, 2.75) is 27.2 Å². The number of aromatic nitrogens is 2. The van der Waals surface area contributed by atoms with E-state index >= 15 is 0 Å². The highest BCUT2D eigenvalue weighted by molar-refractivity contribution is 4.91. The molecule has 0 aliphatic rings. The molecule has 0 radical (unpaired) electrons. The van der Waals surface area contributed by atoms with Crippen LogP contribution in [-0.4, -0.2) is 9.97 Å². The van der Waals surface area contributed by atoms with Gasteiger partial charge in [0.05, 0.1) is 0 Å². The van der Waals surface area contributed by atoms with Crippen LogP contribution in [0, 0.1) is 5.41 Å². The van der Waals surface area contributed by atoms with Gasteiger partial charge >= 0.3 is 0 Å². The molecular formula is C9H14N2. The Bertz CT molecular complexity index is 211. The molecule has 0 aromatic carbocycles. The van der Waals surface area contributed by atoms with Crippen molar-refractivity contribution in [3.8, 4) is 0 Å². The van der Waals surface area contributed by atoms with Gasteiger partial charge in [0.2, 0.25) is 0 Å². The molecule has 2 heteroatoms. The van der Waals surface area contributed by atoms with Crippen LogP contribution in [-0.2, 0) is 6.42 Å². The van der Waals surface area contributed by atoms with Crippen molar-refractivity contribution in [2.24, 2.45) is 5.41 Å². The molecule has 1 aromatic heterocycles. The summed E-state index contributed by atoms with van der Waals surface area (Å²) in [7, 11) is 0. The molecule has 1 rings (SSSR count). The first-order valence-electron chi connectivity index (χ1n) is 3.84. The van der Waals surface area contributed by atoms with Gasteiger partial charge < -0.3 is 0 Å². The second-order valence-electron chi connectivity index (χ2n) is 3.90. The number of hydrogen-bond acceptors (Lipinski definition) is 2. The van der Waals surface area contributed by atoms with E-state index in [9.17, 15) is 0 Å². The smallest absolute Gasteiger partial charge is 0.128 e. The van der Waals surface area contributed by atoms with Crippen molar-refractivity contribution in [2.75, 3.05) is 0 Å². The molecule has 0 saturated heterocycles. The van der Waals surface area contributed by atoms with Gasteiger partial charge in [-0.15, -0.1) is 0 Å². The van der Waals surface area contributed by atoms with E-state index in [-0.39, 0.29) is 5.41 Å². The number of hydrogen-bond donors (Lipinski definition) is 0. The van der Waals surface area contributed by atoms with E-state index in [0.717, 1.165) is 12.2 Å². The predicted molar refractivity (Wildman–Crippen MR) is 45.2 cm³/mol. The molecule has 1 aromatic rings. The fourth-order valence-corrected chi connectivity index (χ4v) is 0.896. The van der Waals surface area contributed by atoms with Crippen LogP contribution in [0.4, 0.5) is 0 Å². The summed E-state index contributed by atoms with van der Waals surface area (Å²) < 4.78 is 0. The second-order valence-corrected chi connectivity index (χ2v) is 3.90. The molecule has 60 valence electrons. The predicted octanol–water partition coefficient (Wildman–Crippen LogP) is 2.07. The lowest BCUT2D eigenvalue weighted by atomic mass is 9.92. The molecule has 0 unspecified atom stereocenters. The Morgan fingerprint density at radius 3 is 2.18 bits per heavy atom. The minimum Gasteiger partial charge on any atom is -0.241 e. The molecule has 11 heavy (non-hydrogen) atoms. The topological polar surface area (TPSA) is 25.8 Å². The second kappa shape index (κ2) is 2.99. The fourth-order valence-electron chi connectivity index (χ4n) is 0.896. The van der Waals surface area contributed by atoms with Gasteiger partial charge in [-0.2, -0.15) is 0 Å². The van der Waals surface area contributed by atoms with Crippen LogP contribution in [0.25, 0.3) is 0 Å². The van der Waals surface area contributed by atoms with Crippen LogP contribution >= 0.6 is 0 Å². The van der Waals surface area contributed by atoms with Crippen molar-refractivity contribution in [3.05, 3.63) is 24.3 Å². The summed E-state index contributed by atoms with van der Waals surface area (Å²) in [6.07, 6.45) is 4.51. The van der Waals surface area contributed by atoms with E-state index in [2.05, 4.69) is 30.7 Å². The van der Waals surface area contributed by atoms with E-state index in [1.54, 1.807) is 12.4 Å². The third-order valence-electron chi connectivity index (χ3n) is 1.31. The molecule has 2 nitrogen and oxygen atoms in total. The first kappa shape index (κ1) is 8.18. The lowest BCUT2D eigenvalue weighted by molar-refractivity contribution is 0.400. The van der Waals surface area contributed by atoms with Gasteiger partial charge in [-0.1, -0.05) is 20.8 Å². The molecule has 0 N–H and O–H groups in total. The van der Waals surface area contributed by atoms with Crippen LogP contribution in [0.2, 0.25) is 0 Å². The van der Waals surface area contributed by atoms with Gasteiger partial charge in [0.1, 0.15) is 5.82 Å². The SMILES string of the molecule is CC(C)(C)Cc1ncccn1. The average molecular weight is 150 g/mol. The monoisotopic (exact) mass is 150 g/mol. The molecule has 1 heterocycles. The van der Waals surface area contributed by atoms with Crippen molar-refractivity contribution in [1.29, 1.82) is 0 Å². The highest BCUT2D eigenvalue weighted by Crippen LogP contribution is 2.17. The average Bonchev–Trinajstić information content (AvgIpc) is 1.85. The zero-order valence-corrected chi connectivity index (χ0v) is 7.33. The van der Waals surface area contributed by atoms with Crippen LogP contribution in [0.3, 0.4) is 0 Å². The summed E-state index contributed by atoms with van der Waals surface area (Å²) in [6, 6.07) is 1.84. The summed E-state index contributed by atoms with van der Waals surface area (Å²) in [5, 5.41) is 0. The number of rotatable bonds is 1. The maximum absolute atomic E-state index is 4.15. The molecular weight excluding hydrogens is 136 g/mol. The Hall–Kier alpha value is -0.920. The first-order valence-corrected chi connectivity index (χ1v) is 3.84. The standard InChI is InChI=1S/C9H14N2/c1-9(2,3)7-8-10-5-4-6-11-8/h4-6H,7H2,1-3H3. The van der Waals surface area contributed by atoms with E-state index < -0.39 is 0 Å². The summed E-state index contributed by atoms with van der Waals surface area (Å²) in [4.78, 5) is 8.31. The molecule has 0 saturated carbocycles. The summed E-state index contributed by atoms with van der Waals surface area (Å²) >= 11 is 0. The largest absolute Gasteiger partial charge is 0.241 e. The van der Waals surface area contributed by atoms with Gasteiger partial charge in [0.25, 0.3) is 0 Å². The summed E-state index contributed by atoms with van der Waals surface area (Å²) in [6.45, 7) is 6.55. The van der Waals surface area contributed by atoms with E-state index in [0.29, 0.717) is 0 Å². The summed E-state index contributed by atoms with van der Waals surface area (Å²) in [5.74, 6) is 0.931. The lowest BCUT2D eigenvalue weighted by Crippen LogP contribution is -2.11. The number of nitrogens with zero attached hydrogens (tertiary/aromatic N) is 2. The zero-order valence-electron chi connectivity index (χ0n) is 7.33. The van der Waals surface area contributed by atoms with Gasteiger partial charge in [0.15, 0.2) is 0 Å². The Kier molecular flexibility index (Phi) is 2.22. The third kappa shape index (κ3) is 3.12. The van der Waals surface area contributed by atoms with Crippen molar-refractivity contribution in [3.63, 3.8) is 0 Å². The Morgan fingerprint density at radius 1 is 1.18 bits per heavy atom. The van der Waals surface area contributed by atoms with Crippen molar-refractivity contribution < 1.29 is 0 Å². The molecule has 0 fully saturated rings. The lowest BCUT2D eigenvalue weighted by Gasteiger charge is -2.15. The van der Waals surface area contributed by atoms with E-state index in [4.69, 9.17) is 0 Å². The normalized spacial score (nSPS) is 11.5. The maximum Gasteiger partial charge on any atom is 0.128 e. The van der Waals surface area contributed by atoms with E-state index in [1.807, 2.05) is 6.07 Å². The van der Waals surface area contributed by atoms with Gasteiger partial charge in [0, 0.05) is 18.8 Å². The minimum absolute atomic E-state index is 0.279. The molecule has 0 bridgehead atoms. The maximum atomic E-state index is 4.15. The highest BCUT2D eigenvalue weighted by Gasteiger charge is 2.12. The van der Waals surface area contributed by atoms with Crippen LogP contribution in [0.5, 0.6) is 0 Å². The molecule has 0 atom stereocenters. The van der Waals surface area contributed by atoms with Gasteiger partial charge in [-0.3, -0.25) is 0 Å². The van der Waals surface area contributed by atoms with Gasteiger partial charge in [-0.25, -0.2) is 9.97 Å². The highest BCUT2D eigenvalue weighted by atomic mass is 14.8. The molecule has 0 aliphatic heterocycles. The molecule has 0 amide bonds. The van der Waals surface area contributed by atoms with Crippen molar-refractivity contribution in [1.82, 2.24) is 9.97 Å². The zero-order chi connectivity index (χ0) is 8.32. The quantitative estimate of drug-likeness (QED) is 0.612. The summed E-state index contributed by atoms with van der Waals surface area (Å²) in [5.41, 5.74) is 0.279.